The molecule has 0 saturated heterocycles. The first kappa shape index (κ1) is 24.5. The zero-order valence-electron chi connectivity index (χ0n) is 18.6. The quantitative estimate of drug-likeness (QED) is 0.162. The van der Waals surface area contributed by atoms with Crippen molar-refractivity contribution in [2.75, 3.05) is 5.73 Å². The lowest BCUT2D eigenvalue weighted by molar-refractivity contribution is 0.472. The Labute approximate surface area is 201 Å². The zero-order chi connectivity index (χ0) is 25.7. The van der Waals surface area contributed by atoms with E-state index in [4.69, 9.17) is 5.73 Å². The van der Waals surface area contributed by atoms with Crippen molar-refractivity contribution >= 4 is 58.8 Å². The molecule has 0 radical (unpaired) electrons. The molecule has 0 aliphatic carbocycles. The molecule has 4 rings (SSSR count). The van der Waals surface area contributed by atoms with Crippen LogP contribution in [-0.2, 0) is 26.7 Å². The van der Waals surface area contributed by atoms with Crippen LogP contribution in [0.25, 0.3) is 21.5 Å². The number of hydrogen-bond acceptors (Lipinski definition) is 8. The Morgan fingerprint density at radius 1 is 0.914 bits per heavy atom. The van der Waals surface area contributed by atoms with Crippen molar-refractivity contribution in [3.05, 3.63) is 59.7 Å². The molecule has 0 bridgehead atoms. The van der Waals surface area contributed by atoms with Crippen LogP contribution in [0, 0.1) is 6.92 Å². The van der Waals surface area contributed by atoms with Crippen LogP contribution in [-0.4, -0.2) is 31.0 Å². The van der Waals surface area contributed by atoms with Gasteiger partial charge in [-0.15, -0.1) is 10.2 Å². The first-order chi connectivity index (χ1) is 16.3. The number of aryl methyl sites for hydroxylation is 2. The van der Waals surface area contributed by atoms with Crippen molar-refractivity contribution in [3.63, 3.8) is 0 Å². The van der Waals surface area contributed by atoms with E-state index in [2.05, 4.69) is 10.2 Å². The molecule has 4 aromatic carbocycles. The van der Waals surface area contributed by atoms with Crippen LogP contribution in [0.2, 0.25) is 0 Å². The van der Waals surface area contributed by atoms with Gasteiger partial charge in [0.2, 0.25) is 0 Å². The van der Waals surface area contributed by atoms with Gasteiger partial charge in [-0.3, -0.25) is 9.11 Å². The third-order valence-corrected chi connectivity index (χ3v) is 7.39. The molecule has 0 unspecified atom stereocenters. The van der Waals surface area contributed by atoms with Crippen molar-refractivity contribution in [3.8, 4) is 5.75 Å². The third kappa shape index (κ3) is 4.44. The molecule has 10 nitrogen and oxygen atoms in total. The van der Waals surface area contributed by atoms with E-state index in [1.165, 1.54) is 12.1 Å². The fraction of sp³-hybridized carbons (Fsp3) is 0.130. The molecule has 5 N–H and O–H groups in total. The summed E-state index contributed by atoms with van der Waals surface area (Å²) in [6, 6.07) is 12.0. The monoisotopic (exact) mass is 515 g/mol. The number of nitrogens with zero attached hydrogens (tertiary/aromatic N) is 2. The maximum Gasteiger partial charge on any atom is 0.297 e. The zero-order valence-corrected chi connectivity index (χ0v) is 20.2. The van der Waals surface area contributed by atoms with Gasteiger partial charge in [-0.25, -0.2) is 0 Å². The minimum Gasteiger partial charge on any atom is -0.505 e. The van der Waals surface area contributed by atoms with Crippen LogP contribution in [0.15, 0.2) is 68.6 Å². The number of anilines is 1. The average molecular weight is 516 g/mol. The predicted octanol–water partition coefficient (Wildman–Crippen LogP) is 5.06. The molecular weight excluding hydrogens is 494 g/mol. The lowest BCUT2D eigenvalue weighted by Crippen LogP contribution is -2.01. The first-order valence-corrected chi connectivity index (χ1v) is 13.2. The molecule has 0 fully saturated rings. The highest BCUT2D eigenvalue weighted by Gasteiger charge is 2.25. The molecule has 35 heavy (non-hydrogen) atoms. The van der Waals surface area contributed by atoms with Crippen molar-refractivity contribution in [2.45, 2.75) is 30.1 Å². The molecule has 12 heteroatoms. The van der Waals surface area contributed by atoms with E-state index >= 15 is 0 Å². The normalized spacial score (nSPS) is 12.7. The fourth-order valence-electron chi connectivity index (χ4n) is 4.11. The van der Waals surface area contributed by atoms with E-state index < -0.39 is 41.5 Å². The van der Waals surface area contributed by atoms with Crippen LogP contribution in [0.5, 0.6) is 5.75 Å². The van der Waals surface area contributed by atoms with Gasteiger partial charge in [0.05, 0.1) is 0 Å². The number of fused-ring (bicyclic) bond motifs is 2. The first-order valence-electron chi connectivity index (χ1n) is 10.3. The number of nitrogen functional groups attached to an aromatic ring is 1. The summed E-state index contributed by atoms with van der Waals surface area (Å²) < 4.78 is 68.4. The van der Waals surface area contributed by atoms with Crippen LogP contribution < -0.4 is 5.73 Å². The maximum absolute atomic E-state index is 12.3. The molecule has 4 aromatic rings. The van der Waals surface area contributed by atoms with Crippen molar-refractivity contribution in [1.29, 1.82) is 0 Å². The second-order valence-electron chi connectivity index (χ2n) is 7.95. The lowest BCUT2D eigenvalue weighted by Gasteiger charge is -2.12. The van der Waals surface area contributed by atoms with Gasteiger partial charge in [0.25, 0.3) is 20.2 Å². The molecule has 0 aliphatic heterocycles. The fourth-order valence-corrected chi connectivity index (χ4v) is 5.60. The van der Waals surface area contributed by atoms with E-state index in [-0.39, 0.29) is 27.5 Å². The second kappa shape index (κ2) is 8.57. The largest absolute Gasteiger partial charge is 0.505 e. The number of phenols is 1. The summed E-state index contributed by atoms with van der Waals surface area (Å²) >= 11 is 0. The third-order valence-electron chi connectivity index (χ3n) is 5.58. The maximum atomic E-state index is 12.3. The Bertz CT molecular complexity index is 1760. The summed E-state index contributed by atoms with van der Waals surface area (Å²) in [6.45, 7) is 3.61. The van der Waals surface area contributed by atoms with Gasteiger partial charge in [-0.05, 0) is 53.4 Å². The standard InChI is InChI=1S/C23H21N3O7S2/c1-3-13-5-4-6-16-15(13)7-8-18(23(16)35(31,32)33)25-26-21-19(34(28,29)30)11-14-9-12(2)10-17(24)20(14)22(21)27/h4-11,27H,3,24H2,1-2H3,(H,28,29,30)(H,31,32,33). The highest BCUT2D eigenvalue weighted by Crippen LogP contribution is 2.44. The number of hydrogen-bond donors (Lipinski definition) is 4. The van der Waals surface area contributed by atoms with Crippen LogP contribution in [0.1, 0.15) is 18.1 Å². The summed E-state index contributed by atoms with van der Waals surface area (Å²) in [5, 5.41) is 19.6. The average Bonchev–Trinajstić information content (AvgIpc) is 2.75. The molecule has 0 atom stereocenters. The lowest BCUT2D eigenvalue weighted by atomic mass is 10.0. The van der Waals surface area contributed by atoms with E-state index in [0.717, 1.165) is 11.6 Å². The smallest absolute Gasteiger partial charge is 0.297 e. The van der Waals surface area contributed by atoms with Crippen molar-refractivity contribution in [2.24, 2.45) is 10.2 Å². The molecule has 182 valence electrons. The van der Waals surface area contributed by atoms with Gasteiger partial charge in [0, 0.05) is 16.5 Å². The van der Waals surface area contributed by atoms with Gasteiger partial charge in [0.1, 0.15) is 21.2 Å². The minimum atomic E-state index is -4.88. The number of aromatic hydroxyl groups is 1. The van der Waals surface area contributed by atoms with Gasteiger partial charge < -0.3 is 10.8 Å². The molecule has 0 aliphatic rings. The molecule has 0 saturated carbocycles. The Morgan fingerprint density at radius 2 is 1.63 bits per heavy atom. The predicted molar refractivity (Wildman–Crippen MR) is 132 cm³/mol. The Morgan fingerprint density at radius 3 is 2.26 bits per heavy atom. The number of benzene rings is 4. The number of rotatable bonds is 5. The topological polar surface area (TPSA) is 180 Å². The second-order valence-corrected chi connectivity index (χ2v) is 10.7. The Kier molecular flexibility index (Phi) is 6.01. The molecule has 0 heterocycles. The Balaban J connectivity index is 2.04. The highest BCUT2D eigenvalue weighted by molar-refractivity contribution is 7.86. The number of nitrogens with two attached hydrogens (primary N) is 1. The van der Waals surface area contributed by atoms with Crippen LogP contribution in [0.4, 0.5) is 17.1 Å². The van der Waals surface area contributed by atoms with Gasteiger partial charge in [-0.1, -0.05) is 37.3 Å². The molecule has 0 aromatic heterocycles. The van der Waals surface area contributed by atoms with Crippen LogP contribution in [0.3, 0.4) is 0 Å². The number of phenolic OH excluding ortho intramolecular Hbond substituents is 1. The van der Waals surface area contributed by atoms with Gasteiger partial charge in [0.15, 0.2) is 5.75 Å². The summed E-state index contributed by atoms with van der Waals surface area (Å²) in [6.07, 6.45) is 0.604. The Hall–Kier alpha value is -3.58. The minimum absolute atomic E-state index is 0.0815. The van der Waals surface area contributed by atoms with Crippen molar-refractivity contribution in [1.82, 2.24) is 0 Å². The summed E-state index contributed by atoms with van der Waals surface area (Å²) in [5.74, 6) is -0.668. The molecule has 0 amide bonds. The van der Waals surface area contributed by atoms with E-state index in [1.54, 1.807) is 31.2 Å². The summed E-state index contributed by atoms with van der Waals surface area (Å²) in [7, 11) is -9.67. The van der Waals surface area contributed by atoms with Crippen LogP contribution >= 0.6 is 0 Å². The number of azo groups is 1. The van der Waals surface area contributed by atoms with E-state index in [0.29, 0.717) is 17.4 Å². The van der Waals surface area contributed by atoms with Crippen molar-refractivity contribution < 1.29 is 31.0 Å². The van der Waals surface area contributed by atoms with Gasteiger partial charge >= 0.3 is 0 Å². The van der Waals surface area contributed by atoms with Gasteiger partial charge in [-0.2, -0.15) is 16.8 Å². The van der Waals surface area contributed by atoms with E-state index in [9.17, 15) is 31.0 Å². The molecular formula is C23H21N3O7S2. The highest BCUT2D eigenvalue weighted by atomic mass is 32.2. The van der Waals surface area contributed by atoms with E-state index in [1.807, 2.05) is 13.0 Å². The summed E-state index contributed by atoms with van der Waals surface area (Å²) in [4.78, 5) is -1.28. The molecule has 0 spiro atoms. The summed E-state index contributed by atoms with van der Waals surface area (Å²) in [5.41, 5.74) is 6.72. The SMILES string of the molecule is CCc1cccc2c(S(=O)(=O)O)c(N=Nc3c(S(=O)(=O)O)cc4cc(C)cc(N)c4c3O)ccc12.